The number of ether oxygens (including phenoxy) is 1. The first-order valence-corrected chi connectivity index (χ1v) is 13.6. The van der Waals surface area contributed by atoms with Gasteiger partial charge >= 0.3 is 0 Å². The fourth-order valence-electron chi connectivity index (χ4n) is 3.58. The molecule has 0 fully saturated rings. The summed E-state index contributed by atoms with van der Waals surface area (Å²) in [5.41, 5.74) is 5.97. The van der Waals surface area contributed by atoms with E-state index in [1.165, 1.54) is 114 Å². The molecular weight excluding hydrogens is 402 g/mol. The van der Waals surface area contributed by atoms with Crippen molar-refractivity contribution in [1.29, 1.82) is 0 Å². The third-order valence-electron chi connectivity index (χ3n) is 5.53. The molecule has 1 aromatic carbocycles. The van der Waals surface area contributed by atoms with Gasteiger partial charge < -0.3 is 10.5 Å². The third-order valence-corrected chi connectivity index (χ3v) is 6.52. The number of carbonyl (C=O) groups excluding carboxylic acids is 1. The minimum absolute atomic E-state index is 0.100. The Morgan fingerprint density at radius 2 is 1.23 bits per heavy atom. The first kappa shape index (κ1) is 27.6. The molecule has 0 heterocycles. The lowest BCUT2D eigenvalue weighted by atomic mass is 10.0. The molecule has 0 atom stereocenters. The summed E-state index contributed by atoms with van der Waals surface area (Å²) < 4.78 is 5.40. The minimum Gasteiger partial charge on any atom is -0.463 e. The molecule has 0 saturated carbocycles. The predicted octanol–water partition coefficient (Wildman–Crippen LogP) is 8.39. The van der Waals surface area contributed by atoms with Crippen molar-refractivity contribution >= 4 is 16.9 Å². The maximum absolute atomic E-state index is 12.0. The van der Waals surface area contributed by atoms with Gasteiger partial charge in [-0.3, -0.25) is 4.79 Å². The van der Waals surface area contributed by atoms with Crippen LogP contribution in [-0.2, 0) is 4.79 Å². The lowest BCUT2D eigenvalue weighted by Crippen LogP contribution is -2.09. The van der Waals surface area contributed by atoms with Gasteiger partial charge in [0.15, 0.2) is 0 Å². The van der Waals surface area contributed by atoms with Gasteiger partial charge in [0.2, 0.25) is 5.12 Å². The van der Waals surface area contributed by atoms with E-state index in [1.807, 2.05) is 30.3 Å². The van der Waals surface area contributed by atoms with E-state index in [0.717, 1.165) is 12.2 Å². The number of carbonyl (C=O) groups is 1. The Bertz CT molecular complexity index is 574. The largest absolute Gasteiger partial charge is 0.463 e. The molecule has 0 aliphatic rings. The Balaban J connectivity index is 1.84. The summed E-state index contributed by atoms with van der Waals surface area (Å²) in [7, 11) is 0. The first-order valence-electron chi connectivity index (χ1n) is 12.6. The lowest BCUT2D eigenvalue weighted by Gasteiger charge is -2.04. The molecule has 2 N–H and O–H groups in total. The number of rotatable bonds is 20. The number of thioether (sulfide) groups is 1. The topological polar surface area (TPSA) is 52.3 Å². The SMILES string of the molecule is CCCCCCCCCCCCCCCCCCSC(=O)C(N)=COc1ccccc1. The van der Waals surface area contributed by atoms with Gasteiger partial charge in [0.05, 0.1) is 0 Å². The van der Waals surface area contributed by atoms with Gasteiger partial charge in [-0.15, -0.1) is 0 Å². The minimum atomic E-state index is -0.100. The van der Waals surface area contributed by atoms with Gasteiger partial charge in [-0.1, -0.05) is 133 Å². The van der Waals surface area contributed by atoms with E-state index in [1.54, 1.807) is 0 Å². The highest BCUT2D eigenvalue weighted by Crippen LogP contribution is 2.16. The average molecular weight is 448 g/mol. The van der Waals surface area contributed by atoms with E-state index in [4.69, 9.17) is 10.5 Å². The lowest BCUT2D eigenvalue weighted by molar-refractivity contribution is -0.108. The fourth-order valence-corrected chi connectivity index (χ4v) is 4.33. The van der Waals surface area contributed by atoms with Gasteiger partial charge in [0.1, 0.15) is 17.7 Å². The number of nitrogens with two attached hydrogens (primary N) is 1. The van der Waals surface area contributed by atoms with Crippen LogP contribution in [0, 0.1) is 0 Å². The summed E-state index contributed by atoms with van der Waals surface area (Å²) in [6.07, 6.45) is 23.1. The quantitative estimate of drug-likeness (QED) is 0.124. The maximum atomic E-state index is 12.0. The number of hydrogen-bond donors (Lipinski definition) is 1. The van der Waals surface area contributed by atoms with Crippen LogP contribution >= 0.6 is 11.8 Å². The average Bonchev–Trinajstić information content (AvgIpc) is 2.80. The van der Waals surface area contributed by atoms with Gasteiger partial charge in [-0.05, 0) is 18.6 Å². The molecule has 0 unspecified atom stereocenters. The van der Waals surface area contributed by atoms with Crippen LogP contribution in [0.5, 0.6) is 5.75 Å². The zero-order chi connectivity index (χ0) is 22.4. The Hall–Kier alpha value is -1.42. The second kappa shape index (κ2) is 20.5. The summed E-state index contributed by atoms with van der Waals surface area (Å²) in [5, 5.41) is -0.100. The summed E-state index contributed by atoms with van der Waals surface area (Å²) in [5.74, 6) is 1.51. The molecule has 3 nitrogen and oxygen atoms in total. The van der Waals surface area contributed by atoms with Crippen LogP contribution < -0.4 is 10.5 Å². The molecule has 1 rings (SSSR count). The highest BCUT2D eigenvalue weighted by atomic mass is 32.2. The van der Waals surface area contributed by atoms with E-state index in [0.29, 0.717) is 5.75 Å². The molecule has 4 heteroatoms. The van der Waals surface area contributed by atoms with Gasteiger partial charge in [-0.25, -0.2) is 0 Å². The van der Waals surface area contributed by atoms with Crippen molar-refractivity contribution in [3.63, 3.8) is 0 Å². The first-order chi connectivity index (χ1) is 15.2. The molecule has 0 bridgehead atoms. The van der Waals surface area contributed by atoms with Gasteiger partial charge in [0.25, 0.3) is 0 Å². The maximum Gasteiger partial charge on any atom is 0.238 e. The Kier molecular flexibility index (Phi) is 18.2. The van der Waals surface area contributed by atoms with Crippen molar-refractivity contribution in [2.45, 2.75) is 110 Å². The molecule has 31 heavy (non-hydrogen) atoms. The van der Waals surface area contributed by atoms with E-state index >= 15 is 0 Å². The zero-order valence-electron chi connectivity index (χ0n) is 19.8. The molecule has 0 aliphatic heterocycles. The Labute approximate surface area is 195 Å². The van der Waals surface area contributed by atoms with E-state index < -0.39 is 0 Å². The van der Waals surface area contributed by atoms with Crippen molar-refractivity contribution in [3.05, 3.63) is 42.3 Å². The van der Waals surface area contributed by atoms with Crippen LogP contribution in [0.1, 0.15) is 110 Å². The van der Waals surface area contributed by atoms with E-state index in [2.05, 4.69) is 6.92 Å². The third kappa shape index (κ3) is 16.9. The van der Waals surface area contributed by atoms with E-state index in [-0.39, 0.29) is 10.8 Å². The molecule has 0 aromatic heterocycles. The smallest absolute Gasteiger partial charge is 0.238 e. The molecular formula is C27H45NO2S. The van der Waals surface area contributed by atoms with Crippen LogP contribution in [0.15, 0.2) is 42.3 Å². The normalized spacial score (nSPS) is 11.6. The van der Waals surface area contributed by atoms with E-state index in [9.17, 15) is 4.79 Å². The molecule has 176 valence electrons. The Morgan fingerprint density at radius 1 is 0.774 bits per heavy atom. The molecule has 0 saturated heterocycles. The summed E-state index contributed by atoms with van der Waals surface area (Å²) in [6.45, 7) is 2.28. The van der Waals surface area contributed by atoms with Crippen molar-refractivity contribution < 1.29 is 9.53 Å². The highest BCUT2D eigenvalue weighted by molar-refractivity contribution is 8.14. The van der Waals surface area contributed by atoms with Crippen molar-refractivity contribution in [1.82, 2.24) is 0 Å². The number of para-hydroxylation sites is 1. The zero-order valence-corrected chi connectivity index (χ0v) is 20.6. The number of benzene rings is 1. The fraction of sp³-hybridized carbons (Fsp3) is 0.667. The van der Waals surface area contributed by atoms with Crippen LogP contribution in [0.3, 0.4) is 0 Å². The molecule has 0 radical (unpaired) electrons. The summed E-state index contributed by atoms with van der Waals surface area (Å²) in [4.78, 5) is 12.0. The van der Waals surface area contributed by atoms with Crippen LogP contribution in [0.25, 0.3) is 0 Å². The molecule has 0 amide bonds. The second-order valence-corrected chi connectivity index (χ2v) is 9.51. The van der Waals surface area contributed by atoms with Crippen LogP contribution in [0.2, 0.25) is 0 Å². The van der Waals surface area contributed by atoms with Crippen molar-refractivity contribution in [2.75, 3.05) is 5.75 Å². The predicted molar refractivity (Wildman–Crippen MR) is 136 cm³/mol. The van der Waals surface area contributed by atoms with Gasteiger partial charge in [0, 0.05) is 5.75 Å². The number of hydrogen-bond acceptors (Lipinski definition) is 4. The standard InChI is InChI=1S/C27H45NO2S/c1-2-3-4-5-6-7-8-9-10-11-12-13-14-15-16-20-23-31-27(29)26(28)24-30-25-21-18-17-19-22-25/h17-19,21-22,24H,2-16,20,23,28H2,1H3. The monoisotopic (exact) mass is 447 g/mol. The highest BCUT2D eigenvalue weighted by Gasteiger charge is 2.06. The van der Waals surface area contributed by atoms with Gasteiger partial charge in [-0.2, -0.15) is 0 Å². The molecule has 1 aromatic rings. The molecule has 0 aliphatic carbocycles. The summed E-state index contributed by atoms with van der Waals surface area (Å²) >= 11 is 1.29. The number of unbranched alkanes of at least 4 members (excludes halogenated alkanes) is 15. The van der Waals surface area contributed by atoms with Crippen molar-refractivity contribution in [3.8, 4) is 5.75 Å². The summed E-state index contributed by atoms with van der Waals surface area (Å²) in [6, 6.07) is 9.34. The van der Waals surface area contributed by atoms with Crippen molar-refractivity contribution in [2.24, 2.45) is 5.73 Å². The Morgan fingerprint density at radius 3 is 1.71 bits per heavy atom. The second-order valence-electron chi connectivity index (χ2n) is 8.44. The molecule has 0 spiro atoms. The van der Waals surface area contributed by atoms with Crippen LogP contribution in [-0.4, -0.2) is 10.9 Å². The van der Waals surface area contributed by atoms with Crippen LogP contribution in [0.4, 0.5) is 0 Å².